The summed E-state index contributed by atoms with van der Waals surface area (Å²) in [5.41, 5.74) is 7.56. The minimum atomic E-state index is 0.526. The Labute approximate surface area is 136 Å². The fraction of sp³-hybridized carbons (Fsp3) is 0.0769. The third kappa shape index (κ3) is 3.61. The van der Waals surface area contributed by atoms with Crippen LogP contribution in [0.15, 0.2) is 45.3 Å². The maximum atomic E-state index is 5.80. The third-order valence-corrected chi connectivity index (χ3v) is 4.21. The number of anilines is 1. The van der Waals surface area contributed by atoms with Crippen LogP contribution in [0.25, 0.3) is 0 Å². The van der Waals surface area contributed by atoms with Crippen LogP contribution in [0.2, 0.25) is 0 Å². The highest BCUT2D eigenvalue weighted by Gasteiger charge is 2.08. The molecule has 2 N–H and O–H groups in total. The summed E-state index contributed by atoms with van der Waals surface area (Å²) < 4.78 is 8.71. The van der Waals surface area contributed by atoms with Crippen molar-refractivity contribution in [1.29, 1.82) is 0 Å². The summed E-state index contributed by atoms with van der Waals surface area (Å²) in [4.78, 5) is 0. The first-order chi connectivity index (χ1) is 8.56. The summed E-state index contributed by atoms with van der Waals surface area (Å²) in [6.45, 7) is 0.526. The van der Waals surface area contributed by atoms with Crippen molar-refractivity contribution in [3.05, 3.63) is 54.5 Å². The van der Waals surface area contributed by atoms with Crippen LogP contribution in [-0.2, 0) is 6.61 Å². The van der Waals surface area contributed by atoms with E-state index in [0.717, 1.165) is 20.3 Å². The second-order valence-corrected chi connectivity index (χ2v) is 6.68. The molecule has 0 aliphatic rings. The van der Waals surface area contributed by atoms with Crippen LogP contribution in [0.5, 0.6) is 5.75 Å². The van der Waals surface area contributed by atoms with E-state index in [2.05, 4.69) is 78.7 Å². The SMILES string of the molecule is Nc1cc(Br)c(OCc2ccc(I)cc2)c(Br)c1. The van der Waals surface area contributed by atoms with Crippen molar-refractivity contribution >= 4 is 60.1 Å². The van der Waals surface area contributed by atoms with Crippen molar-refractivity contribution < 1.29 is 4.74 Å². The van der Waals surface area contributed by atoms with E-state index in [9.17, 15) is 0 Å². The second kappa shape index (κ2) is 6.25. The monoisotopic (exact) mass is 481 g/mol. The van der Waals surface area contributed by atoms with Crippen LogP contribution < -0.4 is 10.5 Å². The largest absolute Gasteiger partial charge is 0.487 e. The van der Waals surface area contributed by atoms with Gasteiger partial charge in [-0.15, -0.1) is 0 Å². The molecule has 0 aromatic heterocycles. The average Bonchev–Trinajstić information content (AvgIpc) is 2.30. The molecule has 0 amide bonds. The first-order valence-corrected chi connectivity index (χ1v) is 7.84. The molecule has 0 heterocycles. The van der Waals surface area contributed by atoms with Crippen LogP contribution >= 0.6 is 54.5 Å². The van der Waals surface area contributed by atoms with Gasteiger partial charge in [0.1, 0.15) is 12.4 Å². The van der Waals surface area contributed by atoms with Gasteiger partial charge in [0.2, 0.25) is 0 Å². The highest BCUT2D eigenvalue weighted by Crippen LogP contribution is 2.36. The lowest BCUT2D eigenvalue weighted by atomic mass is 10.2. The fourth-order valence-corrected chi connectivity index (χ4v) is 3.26. The molecule has 0 unspecified atom stereocenters. The number of hydrogen-bond acceptors (Lipinski definition) is 2. The molecule has 18 heavy (non-hydrogen) atoms. The van der Waals surface area contributed by atoms with Gasteiger partial charge >= 0.3 is 0 Å². The van der Waals surface area contributed by atoms with E-state index in [-0.39, 0.29) is 0 Å². The molecule has 0 bridgehead atoms. The van der Waals surface area contributed by atoms with Crippen molar-refractivity contribution in [2.75, 3.05) is 5.73 Å². The highest BCUT2D eigenvalue weighted by atomic mass is 127. The van der Waals surface area contributed by atoms with E-state index in [1.165, 1.54) is 3.57 Å². The van der Waals surface area contributed by atoms with Gasteiger partial charge in [0.15, 0.2) is 0 Å². The van der Waals surface area contributed by atoms with Gasteiger partial charge < -0.3 is 10.5 Å². The highest BCUT2D eigenvalue weighted by molar-refractivity contribution is 14.1. The smallest absolute Gasteiger partial charge is 0.148 e. The van der Waals surface area contributed by atoms with E-state index in [4.69, 9.17) is 10.5 Å². The summed E-state index contributed by atoms with van der Waals surface area (Å²) >= 11 is 9.17. The Morgan fingerprint density at radius 3 is 2.17 bits per heavy atom. The van der Waals surface area contributed by atoms with Crippen molar-refractivity contribution in [2.45, 2.75) is 6.61 Å². The summed E-state index contributed by atoms with van der Waals surface area (Å²) in [5, 5.41) is 0. The molecule has 2 rings (SSSR count). The Balaban J connectivity index is 2.13. The van der Waals surface area contributed by atoms with Gasteiger partial charge in [-0.1, -0.05) is 12.1 Å². The van der Waals surface area contributed by atoms with Gasteiger partial charge in [0.05, 0.1) is 8.95 Å². The Morgan fingerprint density at radius 1 is 1.06 bits per heavy atom. The van der Waals surface area contributed by atoms with Gasteiger partial charge in [-0.3, -0.25) is 0 Å². The molecule has 0 radical (unpaired) electrons. The number of nitrogen functional groups attached to an aromatic ring is 1. The number of benzene rings is 2. The minimum Gasteiger partial charge on any atom is -0.487 e. The quantitative estimate of drug-likeness (QED) is 0.495. The molecule has 2 aromatic carbocycles. The number of nitrogens with two attached hydrogens (primary N) is 1. The lowest BCUT2D eigenvalue weighted by molar-refractivity contribution is 0.302. The summed E-state index contributed by atoms with van der Waals surface area (Å²) in [5.74, 6) is 0.766. The molecule has 0 aliphatic carbocycles. The molecule has 0 saturated heterocycles. The summed E-state index contributed by atoms with van der Waals surface area (Å²) in [6.07, 6.45) is 0. The van der Waals surface area contributed by atoms with Gasteiger partial charge in [-0.25, -0.2) is 0 Å². The normalized spacial score (nSPS) is 10.4. The average molecular weight is 483 g/mol. The van der Waals surface area contributed by atoms with Crippen molar-refractivity contribution in [2.24, 2.45) is 0 Å². The van der Waals surface area contributed by atoms with E-state index in [1.807, 2.05) is 12.1 Å². The van der Waals surface area contributed by atoms with Crippen molar-refractivity contribution in [3.8, 4) is 5.75 Å². The zero-order chi connectivity index (χ0) is 13.1. The zero-order valence-corrected chi connectivity index (χ0v) is 14.6. The molecule has 2 aromatic rings. The topological polar surface area (TPSA) is 35.2 Å². The zero-order valence-electron chi connectivity index (χ0n) is 9.29. The molecule has 0 aliphatic heterocycles. The number of ether oxygens (including phenoxy) is 1. The molecule has 0 saturated carbocycles. The predicted molar refractivity (Wildman–Crippen MR) is 89.7 cm³/mol. The van der Waals surface area contributed by atoms with Gasteiger partial charge in [0, 0.05) is 9.26 Å². The predicted octanol–water partition coefficient (Wildman–Crippen LogP) is 4.98. The number of hydrogen-bond donors (Lipinski definition) is 1. The van der Waals surface area contributed by atoms with Crippen LogP contribution in [-0.4, -0.2) is 0 Å². The van der Waals surface area contributed by atoms with E-state index < -0.39 is 0 Å². The second-order valence-electron chi connectivity index (χ2n) is 3.73. The van der Waals surface area contributed by atoms with Crippen LogP contribution in [0.4, 0.5) is 5.69 Å². The molecule has 94 valence electrons. The van der Waals surface area contributed by atoms with Crippen LogP contribution in [0.1, 0.15) is 5.56 Å². The fourth-order valence-electron chi connectivity index (χ4n) is 1.45. The lowest BCUT2D eigenvalue weighted by Crippen LogP contribution is -1.98. The first kappa shape index (κ1) is 14.1. The van der Waals surface area contributed by atoms with E-state index >= 15 is 0 Å². The Hall–Kier alpha value is -0.270. The third-order valence-electron chi connectivity index (χ3n) is 2.32. The minimum absolute atomic E-state index is 0.526. The first-order valence-electron chi connectivity index (χ1n) is 5.18. The summed E-state index contributed by atoms with van der Waals surface area (Å²) in [7, 11) is 0. The lowest BCUT2D eigenvalue weighted by Gasteiger charge is -2.11. The van der Waals surface area contributed by atoms with Crippen molar-refractivity contribution in [3.63, 3.8) is 0 Å². The maximum absolute atomic E-state index is 5.80. The summed E-state index contributed by atoms with van der Waals surface area (Å²) in [6, 6.07) is 11.9. The van der Waals surface area contributed by atoms with Gasteiger partial charge in [-0.2, -0.15) is 0 Å². The maximum Gasteiger partial charge on any atom is 0.148 e. The Bertz CT molecular complexity index is 534. The number of rotatable bonds is 3. The Morgan fingerprint density at radius 2 is 1.61 bits per heavy atom. The molecular formula is C13H10Br2INO. The molecule has 0 spiro atoms. The van der Waals surface area contributed by atoms with Crippen LogP contribution in [0, 0.1) is 3.57 Å². The van der Waals surface area contributed by atoms with Gasteiger partial charge in [0.25, 0.3) is 0 Å². The van der Waals surface area contributed by atoms with E-state index in [0.29, 0.717) is 12.3 Å². The standard InChI is InChI=1S/C13H10Br2INO/c14-11-5-10(17)6-12(15)13(11)18-7-8-1-3-9(16)4-2-8/h1-6H,7,17H2. The molecule has 0 fully saturated rings. The molecular weight excluding hydrogens is 473 g/mol. The van der Waals surface area contributed by atoms with Gasteiger partial charge in [-0.05, 0) is 84.3 Å². The van der Waals surface area contributed by atoms with E-state index in [1.54, 1.807) is 0 Å². The Kier molecular flexibility index (Phi) is 4.91. The molecule has 0 atom stereocenters. The van der Waals surface area contributed by atoms with Crippen LogP contribution in [0.3, 0.4) is 0 Å². The van der Waals surface area contributed by atoms with Crippen molar-refractivity contribution in [1.82, 2.24) is 0 Å². The molecule has 2 nitrogen and oxygen atoms in total. The molecule has 5 heteroatoms. The number of halogens is 3.